The number of halogens is 1. The van der Waals surface area contributed by atoms with Crippen molar-refractivity contribution in [3.05, 3.63) is 82.3 Å². The summed E-state index contributed by atoms with van der Waals surface area (Å²) < 4.78 is 29.3. The maximum atomic E-state index is 15.5. The van der Waals surface area contributed by atoms with Crippen molar-refractivity contribution in [1.29, 1.82) is 0 Å². The van der Waals surface area contributed by atoms with Crippen LogP contribution in [-0.2, 0) is 27.9 Å². The van der Waals surface area contributed by atoms with Gasteiger partial charge in [0.2, 0.25) is 11.9 Å². The highest BCUT2D eigenvalue weighted by Gasteiger charge is 2.27. The molecule has 1 fully saturated rings. The predicted octanol–water partition coefficient (Wildman–Crippen LogP) is 4.87. The Bertz CT molecular complexity index is 2140. The van der Waals surface area contributed by atoms with Crippen molar-refractivity contribution in [2.75, 3.05) is 11.1 Å². The second kappa shape index (κ2) is 13.0. The number of hydrogen-bond donors (Lipinski definition) is 3. The number of nitrogens with one attached hydrogen (secondary N) is 2. The molecule has 1 atom stereocenters. The minimum Gasteiger partial charge on any atom is -0.459 e. The van der Waals surface area contributed by atoms with E-state index in [2.05, 4.69) is 30.7 Å². The zero-order valence-electron chi connectivity index (χ0n) is 27.7. The number of rotatable bonds is 9. The molecule has 1 saturated carbocycles. The second-order valence-corrected chi connectivity index (χ2v) is 12.9. The SMILES string of the molecule is CC(NC(=O)OC(C)(C)C)C(=O)OCc1c(-c2nc(N)nc(Nc3cnn(C)c3)n2)cccc1-n1ccc2cc(C3CC3)cc(F)c2c1=O. The number of fused-ring (bicyclic) bond motifs is 1. The number of aromatic nitrogens is 6. The lowest BCUT2D eigenvalue weighted by Crippen LogP contribution is -2.42. The molecular weight excluding hydrogens is 633 g/mol. The Hall–Kier alpha value is -5.86. The topological polar surface area (TPSA) is 181 Å². The standard InChI is InChI=1S/C34H36FN9O5/c1-18(38-33(47)49-34(2,3)4)30(46)48-17-24-23(28-40-31(36)42-32(41-28)39-22-15-37-43(5)16-22)7-6-8-26(24)44-12-11-20-13-21(19-9-10-19)14-25(35)27(20)29(44)45/h6-8,11-16,18-19H,9-10,17H2,1-5H3,(H,38,47)(H3,36,39,40,41,42). The third-order valence-electron chi connectivity index (χ3n) is 7.74. The fraction of sp³-hybridized carbons (Fsp3) is 0.324. The van der Waals surface area contributed by atoms with Crippen molar-refractivity contribution >= 4 is 40.4 Å². The first-order valence-corrected chi connectivity index (χ1v) is 15.7. The Morgan fingerprint density at radius 2 is 1.92 bits per heavy atom. The van der Waals surface area contributed by atoms with Crippen molar-refractivity contribution in [3.63, 3.8) is 0 Å². The molecule has 254 valence electrons. The van der Waals surface area contributed by atoms with Gasteiger partial charge in [0.15, 0.2) is 5.82 Å². The number of pyridine rings is 1. The average molecular weight is 670 g/mol. The van der Waals surface area contributed by atoms with Crippen molar-refractivity contribution in [2.45, 2.75) is 64.7 Å². The number of nitrogens with zero attached hydrogens (tertiary/aromatic N) is 6. The molecule has 14 nitrogen and oxygen atoms in total. The second-order valence-electron chi connectivity index (χ2n) is 12.9. The number of anilines is 3. The Balaban J connectivity index is 1.41. The van der Waals surface area contributed by atoms with E-state index >= 15 is 4.39 Å². The summed E-state index contributed by atoms with van der Waals surface area (Å²) in [5.74, 6) is -0.948. The fourth-order valence-corrected chi connectivity index (χ4v) is 5.35. The smallest absolute Gasteiger partial charge is 0.408 e. The highest BCUT2D eigenvalue weighted by molar-refractivity contribution is 5.84. The number of hydrogen-bond acceptors (Lipinski definition) is 11. The van der Waals surface area contributed by atoms with Crippen LogP contribution in [0.15, 0.2) is 59.8 Å². The van der Waals surface area contributed by atoms with Crippen LogP contribution in [0.2, 0.25) is 0 Å². The summed E-state index contributed by atoms with van der Waals surface area (Å²) in [6.45, 7) is 6.18. The molecule has 1 aliphatic rings. The predicted molar refractivity (Wildman–Crippen MR) is 180 cm³/mol. The van der Waals surface area contributed by atoms with Gasteiger partial charge in [0.05, 0.1) is 23.0 Å². The molecule has 1 amide bonds. The molecule has 1 aliphatic carbocycles. The van der Waals surface area contributed by atoms with Crippen molar-refractivity contribution in [2.24, 2.45) is 7.05 Å². The first kappa shape index (κ1) is 33.1. The van der Waals surface area contributed by atoms with Crippen LogP contribution in [0.25, 0.3) is 27.8 Å². The summed E-state index contributed by atoms with van der Waals surface area (Å²) in [6.07, 6.45) is 6.04. The van der Waals surface area contributed by atoms with Gasteiger partial charge in [0.25, 0.3) is 5.56 Å². The van der Waals surface area contributed by atoms with Crippen molar-refractivity contribution in [1.82, 2.24) is 34.6 Å². The first-order valence-electron chi connectivity index (χ1n) is 15.7. The maximum absolute atomic E-state index is 15.5. The molecule has 3 heterocycles. The monoisotopic (exact) mass is 669 g/mol. The van der Waals surface area contributed by atoms with Gasteiger partial charge in [-0.15, -0.1) is 0 Å². The van der Waals surface area contributed by atoms with Crippen LogP contribution in [0.5, 0.6) is 0 Å². The number of amides is 1. The summed E-state index contributed by atoms with van der Waals surface area (Å²) >= 11 is 0. The van der Waals surface area contributed by atoms with Gasteiger partial charge >= 0.3 is 12.1 Å². The van der Waals surface area contributed by atoms with Gasteiger partial charge in [-0.3, -0.25) is 14.0 Å². The molecule has 0 saturated heterocycles. The third-order valence-corrected chi connectivity index (χ3v) is 7.74. The summed E-state index contributed by atoms with van der Waals surface area (Å²) in [6, 6.07) is 8.85. The van der Waals surface area contributed by atoms with Gasteiger partial charge in [-0.05, 0) is 75.6 Å². The Morgan fingerprint density at radius 3 is 2.61 bits per heavy atom. The minimum absolute atomic E-state index is 0.0669. The number of nitrogens with two attached hydrogens (primary N) is 1. The highest BCUT2D eigenvalue weighted by Crippen LogP contribution is 2.41. The van der Waals surface area contributed by atoms with Crippen LogP contribution < -0.4 is 21.9 Å². The quantitative estimate of drug-likeness (QED) is 0.182. The van der Waals surface area contributed by atoms with Crippen molar-refractivity contribution in [3.8, 4) is 17.1 Å². The Kier molecular flexibility index (Phi) is 8.75. The summed E-state index contributed by atoms with van der Waals surface area (Å²) in [5.41, 5.74) is 7.15. The van der Waals surface area contributed by atoms with Gasteiger partial charge in [0, 0.05) is 30.6 Å². The summed E-state index contributed by atoms with van der Waals surface area (Å²) in [5, 5.41) is 10.0. The highest BCUT2D eigenvalue weighted by atomic mass is 19.1. The van der Waals surface area contributed by atoms with Gasteiger partial charge in [-0.1, -0.05) is 18.2 Å². The van der Waals surface area contributed by atoms with Gasteiger partial charge in [0.1, 0.15) is 24.1 Å². The van der Waals surface area contributed by atoms with E-state index in [4.69, 9.17) is 15.2 Å². The molecule has 0 bridgehead atoms. The number of nitrogen functional groups attached to an aromatic ring is 1. The lowest BCUT2D eigenvalue weighted by molar-refractivity contribution is -0.147. The maximum Gasteiger partial charge on any atom is 0.408 e. The van der Waals surface area contributed by atoms with E-state index in [1.165, 1.54) is 17.6 Å². The molecule has 5 aromatic rings. The minimum atomic E-state index is -1.08. The van der Waals surface area contributed by atoms with E-state index in [1.807, 2.05) is 6.07 Å². The number of benzene rings is 2. The summed E-state index contributed by atoms with van der Waals surface area (Å²) in [4.78, 5) is 52.4. The largest absolute Gasteiger partial charge is 0.459 e. The van der Waals surface area contributed by atoms with Crippen LogP contribution >= 0.6 is 0 Å². The number of carbonyl (C=O) groups is 2. The van der Waals surface area contributed by atoms with Gasteiger partial charge in [-0.25, -0.2) is 14.0 Å². The average Bonchev–Trinajstić information content (AvgIpc) is 3.80. The fourth-order valence-electron chi connectivity index (χ4n) is 5.35. The van der Waals surface area contributed by atoms with E-state index in [9.17, 15) is 14.4 Å². The molecule has 6 rings (SSSR count). The Labute approximate surface area is 280 Å². The Morgan fingerprint density at radius 1 is 1.14 bits per heavy atom. The zero-order valence-corrected chi connectivity index (χ0v) is 27.7. The molecule has 3 aromatic heterocycles. The van der Waals surface area contributed by atoms with E-state index in [0.29, 0.717) is 28.1 Å². The molecule has 0 radical (unpaired) electrons. The molecule has 1 unspecified atom stereocenters. The summed E-state index contributed by atoms with van der Waals surface area (Å²) in [7, 11) is 1.76. The van der Waals surface area contributed by atoms with Crippen LogP contribution in [0.3, 0.4) is 0 Å². The van der Waals surface area contributed by atoms with Crippen LogP contribution in [0.4, 0.5) is 26.8 Å². The van der Waals surface area contributed by atoms with Crippen LogP contribution in [0.1, 0.15) is 57.6 Å². The normalized spacial score (nSPS) is 13.6. The molecule has 0 aliphatic heterocycles. The third kappa shape index (κ3) is 7.50. The number of esters is 1. The van der Waals surface area contributed by atoms with Gasteiger partial charge in [-0.2, -0.15) is 20.1 Å². The van der Waals surface area contributed by atoms with E-state index in [0.717, 1.165) is 18.4 Å². The van der Waals surface area contributed by atoms with Crippen LogP contribution in [-0.4, -0.2) is 53.0 Å². The van der Waals surface area contributed by atoms with Gasteiger partial charge < -0.3 is 25.8 Å². The number of alkyl carbamates (subject to hydrolysis) is 1. The molecular formula is C34H36FN9O5. The lowest BCUT2D eigenvalue weighted by atomic mass is 10.0. The zero-order chi connectivity index (χ0) is 35.0. The lowest BCUT2D eigenvalue weighted by Gasteiger charge is -2.22. The molecule has 2 aromatic carbocycles. The number of ether oxygens (including phenoxy) is 2. The van der Waals surface area contributed by atoms with Crippen LogP contribution in [0, 0.1) is 5.82 Å². The molecule has 15 heteroatoms. The van der Waals surface area contributed by atoms with E-state index in [1.54, 1.807) is 75.4 Å². The molecule has 49 heavy (non-hydrogen) atoms. The van der Waals surface area contributed by atoms with Crippen molar-refractivity contribution < 1.29 is 23.5 Å². The van der Waals surface area contributed by atoms with E-state index in [-0.39, 0.29) is 35.4 Å². The number of carbonyl (C=O) groups excluding carboxylic acids is 2. The van der Waals surface area contributed by atoms with E-state index < -0.39 is 35.1 Å². The number of aryl methyl sites for hydroxylation is 1. The molecule has 0 spiro atoms. The first-order chi connectivity index (χ1) is 23.3. The molecule has 4 N–H and O–H groups in total.